The quantitative estimate of drug-likeness (QED) is 0.185. The van der Waals surface area contributed by atoms with E-state index in [2.05, 4.69) is 16.0 Å². The van der Waals surface area contributed by atoms with E-state index >= 15 is 0 Å². The van der Waals surface area contributed by atoms with Crippen LogP contribution < -0.4 is 16.0 Å². The Morgan fingerprint density at radius 3 is 1.60 bits per heavy atom. The molecule has 0 aliphatic rings. The third-order valence-electron chi connectivity index (χ3n) is 6.75. The number of hydrogen-bond donors (Lipinski definition) is 4. The molecular weight excluding hydrogens is 542 g/mol. The molecule has 0 saturated heterocycles. The van der Waals surface area contributed by atoms with E-state index in [9.17, 15) is 19.5 Å². The molecule has 4 aromatic rings. The molecule has 0 heterocycles. The maximum Gasteiger partial charge on any atom is 0.408 e. The van der Waals surface area contributed by atoms with Crippen LogP contribution in [-0.4, -0.2) is 34.7 Å². The van der Waals surface area contributed by atoms with Gasteiger partial charge in [0.1, 0.15) is 17.2 Å². The number of benzene rings is 4. The number of rotatable bonds is 10. The van der Waals surface area contributed by atoms with Gasteiger partial charge in [-0.3, -0.25) is 9.59 Å². The Bertz CT molecular complexity index is 1410. The lowest BCUT2D eigenvalue weighted by Gasteiger charge is -2.37. The summed E-state index contributed by atoms with van der Waals surface area (Å²) in [5.74, 6) is -1.06. The normalized spacial score (nSPS) is 12.1. The Balaban J connectivity index is 1.69. The van der Waals surface area contributed by atoms with E-state index in [1.165, 1.54) is 0 Å². The van der Waals surface area contributed by atoms with Gasteiger partial charge in [0.05, 0.1) is 13.0 Å². The lowest BCUT2D eigenvalue weighted by atomic mass is 9.77. The molecule has 8 heteroatoms. The topological polar surface area (TPSA) is 117 Å². The number of amides is 3. The van der Waals surface area contributed by atoms with Gasteiger partial charge in [0, 0.05) is 5.69 Å². The molecule has 0 saturated carbocycles. The van der Waals surface area contributed by atoms with Crippen LogP contribution in [0.2, 0.25) is 0 Å². The van der Waals surface area contributed by atoms with E-state index in [1.54, 1.807) is 45.0 Å². The van der Waals surface area contributed by atoms with Gasteiger partial charge in [-0.15, -0.1) is 0 Å². The highest BCUT2D eigenvalue weighted by Gasteiger charge is 2.39. The standard InChI is InChI=1S/C35H37N3O5/c1-34(2,3)43-33(42)37-30(32(41)36-29-21-19-25(24-39)20-22-29)23-31(40)38-35(26-13-7-4-8-14-26,27-15-9-5-10-16-27)28-17-11-6-12-18-28/h4-22,30,39H,23-24H2,1-3H3,(H,36,41)(H,37,42)(H,38,40)/t30-/m0/s1. The molecule has 43 heavy (non-hydrogen) atoms. The van der Waals surface area contributed by atoms with Gasteiger partial charge >= 0.3 is 6.09 Å². The first-order valence-corrected chi connectivity index (χ1v) is 14.1. The fourth-order valence-corrected chi connectivity index (χ4v) is 4.81. The summed E-state index contributed by atoms with van der Waals surface area (Å²) in [4.78, 5) is 40.2. The smallest absolute Gasteiger partial charge is 0.408 e. The fourth-order valence-electron chi connectivity index (χ4n) is 4.81. The Labute approximate surface area is 252 Å². The SMILES string of the molecule is CC(C)(C)OC(=O)N[C@@H](CC(=O)NC(c1ccccc1)(c1ccccc1)c1ccccc1)C(=O)Nc1ccc(CO)cc1. The summed E-state index contributed by atoms with van der Waals surface area (Å²) in [7, 11) is 0. The van der Waals surface area contributed by atoms with Crippen molar-refractivity contribution in [2.75, 3.05) is 5.32 Å². The maximum atomic E-state index is 14.0. The molecule has 0 aliphatic carbocycles. The average molecular weight is 580 g/mol. The summed E-state index contributed by atoms with van der Waals surface area (Å²) in [6, 6.07) is 34.2. The molecule has 0 aliphatic heterocycles. The predicted molar refractivity (Wildman–Crippen MR) is 166 cm³/mol. The zero-order chi connectivity index (χ0) is 30.9. The van der Waals surface area contributed by atoms with Crippen LogP contribution in [0.4, 0.5) is 10.5 Å². The van der Waals surface area contributed by atoms with Crippen molar-refractivity contribution >= 4 is 23.6 Å². The van der Waals surface area contributed by atoms with E-state index in [0.717, 1.165) is 16.7 Å². The van der Waals surface area contributed by atoms with Gasteiger partial charge in [0.15, 0.2) is 0 Å². The van der Waals surface area contributed by atoms with Crippen LogP contribution in [-0.2, 0) is 26.5 Å². The minimum atomic E-state index is -1.26. The molecule has 1 atom stereocenters. The van der Waals surface area contributed by atoms with Crippen LogP contribution in [0.5, 0.6) is 0 Å². The molecule has 222 valence electrons. The van der Waals surface area contributed by atoms with Crippen LogP contribution in [0, 0.1) is 0 Å². The van der Waals surface area contributed by atoms with Crippen molar-refractivity contribution in [2.24, 2.45) is 0 Å². The molecule has 4 rings (SSSR count). The number of hydrogen-bond acceptors (Lipinski definition) is 5. The van der Waals surface area contributed by atoms with Crippen LogP contribution >= 0.6 is 0 Å². The van der Waals surface area contributed by atoms with Crippen LogP contribution in [0.15, 0.2) is 115 Å². The first-order chi connectivity index (χ1) is 20.6. The van der Waals surface area contributed by atoms with Gasteiger partial charge in [-0.2, -0.15) is 0 Å². The third kappa shape index (κ3) is 8.08. The number of anilines is 1. The van der Waals surface area contributed by atoms with E-state index < -0.39 is 35.1 Å². The number of carbonyl (C=O) groups is 3. The van der Waals surface area contributed by atoms with Crippen molar-refractivity contribution < 1.29 is 24.2 Å². The zero-order valence-electron chi connectivity index (χ0n) is 24.5. The predicted octanol–water partition coefficient (Wildman–Crippen LogP) is 5.51. The highest BCUT2D eigenvalue weighted by molar-refractivity contribution is 5.99. The Kier molecular flexibility index (Phi) is 9.95. The van der Waals surface area contributed by atoms with E-state index in [-0.39, 0.29) is 13.0 Å². The minimum Gasteiger partial charge on any atom is -0.444 e. The number of nitrogens with one attached hydrogen (secondary N) is 3. The Hall–Kier alpha value is -4.95. The summed E-state index contributed by atoms with van der Waals surface area (Å²) < 4.78 is 5.40. The largest absolute Gasteiger partial charge is 0.444 e. The van der Waals surface area contributed by atoms with Gasteiger partial charge in [0.25, 0.3) is 0 Å². The van der Waals surface area contributed by atoms with Gasteiger partial charge < -0.3 is 25.8 Å². The molecule has 8 nitrogen and oxygen atoms in total. The maximum absolute atomic E-state index is 14.0. The summed E-state index contributed by atoms with van der Waals surface area (Å²) >= 11 is 0. The van der Waals surface area contributed by atoms with Crippen molar-refractivity contribution in [3.8, 4) is 0 Å². The fraction of sp³-hybridized carbons (Fsp3) is 0.229. The first-order valence-electron chi connectivity index (χ1n) is 14.1. The van der Waals surface area contributed by atoms with Crippen LogP contribution in [0.25, 0.3) is 0 Å². The van der Waals surface area contributed by atoms with Gasteiger partial charge in [-0.25, -0.2) is 4.79 Å². The Morgan fingerprint density at radius 2 is 1.19 bits per heavy atom. The minimum absolute atomic E-state index is 0.136. The molecule has 4 aromatic carbocycles. The summed E-state index contributed by atoms with van der Waals surface area (Å²) in [5, 5.41) is 17.9. The summed E-state index contributed by atoms with van der Waals surface area (Å²) in [6.45, 7) is 5.00. The average Bonchev–Trinajstić information content (AvgIpc) is 3.00. The van der Waals surface area contributed by atoms with Crippen molar-refractivity contribution in [3.05, 3.63) is 138 Å². The van der Waals surface area contributed by atoms with Crippen molar-refractivity contribution in [1.29, 1.82) is 0 Å². The molecule has 3 amide bonds. The monoisotopic (exact) mass is 579 g/mol. The molecule has 0 spiro atoms. The first kappa shape index (κ1) is 31.0. The summed E-state index contributed by atoms with van der Waals surface area (Å²) in [6.07, 6.45) is -1.19. The van der Waals surface area contributed by atoms with Gasteiger partial charge in [-0.05, 0) is 55.2 Å². The van der Waals surface area contributed by atoms with Crippen molar-refractivity contribution in [3.63, 3.8) is 0 Å². The lowest BCUT2D eigenvalue weighted by molar-refractivity contribution is -0.126. The molecule has 0 bridgehead atoms. The van der Waals surface area contributed by atoms with Crippen LogP contribution in [0.3, 0.4) is 0 Å². The van der Waals surface area contributed by atoms with Gasteiger partial charge in [0.2, 0.25) is 11.8 Å². The van der Waals surface area contributed by atoms with E-state index in [0.29, 0.717) is 11.3 Å². The number of alkyl carbamates (subject to hydrolysis) is 1. The molecule has 0 fully saturated rings. The summed E-state index contributed by atoms with van der Waals surface area (Å²) in [5.41, 5.74) is 1.71. The second-order valence-corrected chi connectivity index (χ2v) is 11.1. The zero-order valence-corrected chi connectivity index (χ0v) is 24.5. The van der Waals surface area contributed by atoms with Crippen molar-refractivity contribution in [1.82, 2.24) is 10.6 Å². The molecule has 0 radical (unpaired) electrons. The van der Waals surface area contributed by atoms with Crippen LogP contribution in [0.1, 0.15) is 49.4 Å². The van der Waals surface area contributed by atoms with E-state index in [4.69, 9.17) is 4.74 Å². The third-order valence-corrected chi connectivity index (χ3v) is 6.75. The lowest BCUT2D eigenvalue weighted by Crippen LogP contribution is -2.52. The molecule has 4 N–H and O–H groups in total. The number of aliphatic hydroxyl groups excluding tert-OH is 1. The number of ether oxygens (including phenoxy) is 1. The van der Waals surface area contributed by atoms with Gasteiger partial charge in [-0.1, -0.05) is 103 Å². The number of aliphatic hydroxyl groups is 1. The molecule has 0 unspecified atom stereocenters. The number of carbonyl (C=O) groups excluding carboxylic acids is 3. The Morgan fingerprint density at radius 1 is 0.721 bits per heavy atom. The highest BCUT2D eigenvalue weighted by Crippen LogP contribution is 2.37. The van der Waals surface area contributed by atoms with E-state index in [1.807, 2.05) is 91.0 Å². The highest BCUT2D eigenvalue weighted by atomic mass is 16.6. The molecule has 0 aromatic heterocycles. The second-order valence-electron chi connectivity index (χ2n) is 11.1. The second kappa shape index (κ2) is 13.8. The molecular formula is C35H37N3O5. The van der Waals surface area contributed by atoms with Crippen molar-refractivity contribution in [2.45, 2.75) is 51.0 Å².